The molecule has 0 bridgehead atoms. The van der Waals surface area contributed by atoms with Gasteiger partial charge >= 0.3 is 11.8 Å². The minimum absolute atomic E-state index is 0.00548. The van der Waals surface area contributed by atoms with Gasteiger partial charge in [-0.05, 0) is 24.6 Å². The summed E-state index contributed by atoms with van der Waals surface area (Å²) in [6.07, 6.45) is -0.402. The topological polar surface area (TPSA) is 119 Å². The smallest absolute Gasteiger partial charge is 0.419 e. The molecule has 1 aromatic heterocycles. The highest BCUT2D eigenvalue weighted by molar-refractivity contribution is 7.89. The summed E-state index contributed by atoms with van der Waals surface area (Å²) in [7, 11) is -2.36. The maximum atomic E-state index is 12.9. The number of benzene rings is 1. The number of rotatable bonds is 3. The molecule has 2 amide bonds. The van der Waals surface area contributed by atoms with Gasteiger partial charge in [-0.15, -0.1) is 0 Å². The summed E-state index contributed by atoms with van der Waals surface area (Å²) in [5, 5.41) is 0. The number of imide groups is 1. The van der Waals surface area contributed by atoms with E-state index in [0.29, 0.717) is 17.5 Å². The molecule has 2 fully saturated rings. The van der Waals surface area contributed by atoms with Crippen molar-refractivity contribution in [1.82, 2.24) is 13.8 Å². The Bertz CT molecular complexity index is 1070. The van der Waals surface area contributed by atoms with Crippen molar-refractivity contribution in [3.8, 4) is 0 Å². The number of hydrogen-bond acceptors (Lipinski definition) is 7. The first-order chi connectivity index (χ1) is 12.3. The SMILES string of the molecule is Cn1c(=O)oc2ccc(S(=O)(=O)N3CCC(N4C(=O)COC4=O)C3)cc21. The normalized spacial score (nSPS) is 21.7. The Kier molecular flexibility index (Phi) is 3.66. The second-order valence-electron chi connectivity index (χ2n) is 6.18. The van der Waals surface area contributed by atoms with Gasteiger partial charge in [0, 0.05) is 20.1 Å². The van der Waals surface area contributed by atoms with E-state index in [1.807, 2.05) is 0 Å². The minimum Gasteiger partial charge on any atom is -0.439 e. The average Bonchev–Trinajstić information content (AvgIpc) is 3.27. The molecule has 1 atom stereocenters. The zero-order valence-electron chi connectivity index (χ0n) is 13.7. The van der Waals surface area contributed by atoms with Crippen molar-refractivity contribution in [3.05, 3.63) is 28.7 Å². The largest absolute Gasteiger partial charge is 0.439 e. The van der Waals surface area contributed by atoms with Crippen molar-refractivity contribution in [3.63, 3.8) is 0 Å². The predicted molar refractivity (Wildman–Crippen MR) is 86.8 cm³/mol. The van der Waals surface area contributed by atoms with Gasteiger partial charge in [0.1, 0.15) is 0 Å². The number of sulfonamides is 1. The van der Waals surface area contributed by atoms with Crippen LogP contribution in [0, 0.1) is 0 Å². The van der Waals surface area contributed by atoms with Crippen molar-refractivity contribution in [1.29, 1.82) is 0 Å². The van der Waals surface area contributed by atoms with Crippen LogP contribution in [0.4, 0.5) is 4.79 Å². The minimum atomic E-state index is -3.85. The summed E-state index contributed by atoms with van der Waals surface area (Å²) in [5.41, 5.74) is 0.659. The molecule has 0 spiro atoms. The molecule has 138 valence electrons. The molecule has 2 aromatic rings. The summed E-state index contributed by atoms with van der Waals surface area (Å²) in [5.74, 6) is -1.05. The van der Waals surface area contributed by atoms with Crippen LogP contribution in [0.3, 0.4) is 0 Å². The molecular weight excluding hydrogens is 366 g/mol. The molecule has 1 aromatic carbocycles. The maximum absolute atomic E-state index is 12.9. The van der Waals surface area contributed by atoms with E-state index >= 15 is 0 Å². The van der Waals surface area contributed by atoms with E-state index < -0.39 is 33.8 Å². The first-order valence-electron chi connectivity index (χ1n) is 7.87. The van der Waals surface area contributed by atoms with Gasteiger partial charge in [-0.1, -0.05) is 0 Å². The zero-order chi connectivity index (χ0) is 18.6. The lowest BCUT2D eigenvalue weighted by Crippen LogP contribution is -2.42. The van der Waals surface area contributed by atoms with Gasteiger partial charge in [0.15, 0.2) is 12.2 Å². The van der Waals surface area contributed by atoms with E-state index in [4.69, 9.17) is 4.42 Å². The van der Waals surface area contributed by atoms with Gasteiger partial charge in [0.25, 0.3) is 5.91 Å². The Balaban J connectivity index is 1.63. The van der Waals surface area contributed by atoms with Crippen LogP contribution in [0.2, 0.25) is 0 Å². The molecule has 2 aliphatic rings. The van der Waals surface area contributed by atoms with Crippen molar-refractivity contribution in [2.75, 3.05) is 19.7 Å². The molecule has 4 rings (SSSR count). The zero-order valence-corrected chi connectivity index (χ0v) is 14.6. The van der Waals surface area contributed by atoms with Crippen LogP contribution in [-0.2, 0) is 26.6 Å². The van der Waals surface area contributed by atoms with Gasteiger partial charge in [0.2, 0.25) is 10.0 Å². The number of aryl methyl sites for hydroxylation is 1. The number of hydrogen-bond donors (Lipinski definition) is 0. The molecule has 0 N–H and O–H groups in total. The molecular formula is C15H15N3O7S. The standard InChI is InChI=1S/C15H15N3O7S/c1-16-11-6-10(2-3-12(11)25-14(16)20)26(22,23)17-5-4-9(7-17)18-13(19)8-24-15(18)21/h2-3,6,9H,4-5,7-8H2,1H3. The highest BCUT2D eigenvalue weighted by atomic mass is 32.2. The van der Waals surface area contributed by atoms with E-state index in [-0.39, 0.29) is 24.6 Å². The molecule has 0 radical (unpaired) electrons. The number of ether oxygens (including phenoxy) is 1. The third-order valence-corrected chi connectivity index (χ3v) is 6.54. The average molecular weight is 381 g/mol. The fourth-order valence-electron chi connectivity index (χ4n) is 3.27. The number of nitrogens with zero attached hydrogens (tertiary/aromatic N) is 3. The number of fused-ring (bicyclic) bond motifs is 1. The maximum Gasteiger partial charge on any atom is 0.419 e. The quantitative estimate of drug-likeness (QED) is 0.727. The van der Waals surface area contributed by atoms with Gasteiger partial charge in [-0.25, -0.2) is 22.9 Å². The lowest BCUT2D eigenvalue weighted by molar-refractivity contribution is -0.127. The molecule has 0 saturated carbocycles. The highest BCUT2D eigenvalue weighted by Crippen LogP contribution is 2.27. The first kappa shape index (κ1) is 16.8. The first-order valence-corrected chi connectivity index (χ1v) is 9.31. The summed E-state index contributed by atoms with van der Waals surface area (Å²) in [4.78, 5) is 36.0. The Morgan fingerprint density at radius 1 is 1.19 bits per heavy atom. The molecule has 1 unspecified atom stereocenters. The number of carbonyl (C=O) groups excluding carboxylic acids is 2. The molecule has 2 saturated heterocycles. The molecule has 0 aliphatic carbocycles. The van der Waals surface area contributed by atoms with Crippen molar-refractivity contribution >= 4 is 33.1 Å². The van der Waals surface area contributed by atoms with Crippen LogP contribution in [0.25, 0.3) is 11.1 Å². The van der Waals surface area contributed by atoms with Gasteiger partial charge in [-0.2, -0.15) is 4.31 Å². The Morgan fingerprint density at radius 2 is 1.96 bits per heavy atom. The van der Waals surface area contributed by atoms with Crippen LogP contribution in [0.5, 0.6) is 0 Å². The van der Waals surface area contributed by atoms with E-state index in [1.165, 1.54) is 34.1 Å². The number of amides is 2. The fourth-order valence-corrected chi connectivity index (χ4v) is 4.79. The highest BCUT2D eigenvalue weighted by Gasteiger charge is 2.43. The van der Waals surface area contributed by atoms with Crippen molar-refractivity contribution < 1.29 is 27.2 Å². The van der Waals surface area contributed by atoms with E-state index in [9.17, 15) is 22.8 Å². The van der Waals surface area contributed by atoms with Gasteiger partial charge in [0.05, 0.1) is 16.5 Å². The molecule has 2 aliphatic heterocycles. The van der Waals surface area contributed by atoms with Gasteiger partial charge in [-0.3, -0.25) is 9.36 Å². The van der Waals surface area contributed by atoms with Gasteiger partial charge < -0.3 is 9.15 Å². The molecule has 3 heterocycles. The second kappa shape index (κ2) is 5.68. The van der Waals surface area contributed by atoms with Crippen LogP contribution in [0.15, 0.2) is 32.3 Å². The number of oxazole rings is 1. The summed E-state index contributed by atoms with van der Waals surface area (Å²) >= 11 is 0. The Hall–Kier alpha value is -2.66. The number of cyclic esters (lactones) is 1. The van der Waals surface area contributed by atoms with Crippen LogP contribution in [0.1, 0.15) is 6.42 Å². The third kappa shape index (κ3) is 2.42. The van der Waals surface area contributed by atoms with Crippen LogP contribution >= 0.6 is 0 Å². The summed E-state index contributed by atoms with van der Waals surface area (Å²) in [6.45, 7) is -0.134. The summed E-state index contributed by atoms with van der Waals surface area (Å²) in [6, 6.07) is 3.62. The van der Waals surface area contributed by atoms with Crippen molar-refractivity contribution in [2.45, 2.75) is 17.4 Å². The van der Waals surface area contributed by atoms with E-state index in [0.717, 1.165) is 4.90 Å². The van der Waals surface area contributed by atoms with E-state index in [2.05, 4.69) is 4.74 Å². The number of carbonyl (C=O) groups is 2. The van der Waals surface area contributed by atoms with Crippen LogP contribution in [-0.4, -0.2) is 59.9 Å². The van der Waals surface area contributed by atoms with Crippen molar-refractivity contribution in [2.24, 2.45) is 7.05 Å². The monoisotopic (exact) mass is 381 g/mol. The van der Waals surface area contributed by atoms with E-state index in [1.54, 1.807) is 0 Å². The fraction of sp³-hybridized carbons (Fsp3) is 0.400. The lowest BCUT2D eigenvalue weighted by atomic mass is 10.2. The number of aromatic nitrogens is 1. The lowest BCUT2D eigenvalue weighted by Gasteiger charge is -2.20. The molecule has 10 nitrogen and oxygen atoms in total. The molecule has 26 heavy (non-hydrogen) atoms. The second-order valence-corrected chi connectivity index (χ2v) is 8.12. The predicted octanol–water partition coefficient (Wildman–Crippen LogP) is -0.127. The molecule has 11 heteroatoms. The Morgan fingerprint density at radius 3 is 2.65 bits per heavy atom. The Labute approximate surface area is 147 Å². The summed E-state index contributed by atoms with van der Waals surface area (Å²) < 4.78 is 37.9. The van der Waals surface area contributed by atoms with Crippen LogP contribution < -0.4 is 5.76 Å². The third-order valence-electron chi connectivity index (χ3n) is 4.68.